The molecule has 0 aliphatic heterocycles. The number of amides is 2. The molecule has 0 fully saturated rings. The molecule has 1 aromatic carbocycles. The van der Waals surface area contributed by atoms with E-state index >= 15 is 0 Å². The van der Waals surface area contributed by atoms with E-state index in [1.807, 2.05) is 20.8 Å². The molecule has 0 aliphatic rings. The fourth-order valence-corrected chi connectivity index (χ4v) is 2.54. The van der Waals surface area contributed by atoms with Crippen molar-refractivity contribution in [3.8, 4) is 0 Å². The van der Waals surface area contributed by atoms with Crippen LogP contribution in [-0.2, 0) is 14.8 Å². The first kappa shape index (κ1) is 18.6. The van der Waals surface area contributed by atoms with Crippen molar-refractivity contribution in [1.29, 1.82) is 0 Å². The lowest BCUT2D eigenvalue weighted by atomic mass is 10.1. The maximum atomic E-state index is 12.1. The summed E-state index contributed by atoms with van der Waals surface area (Å²) in [5.74, 6) is -0.930. The van der Waals surface area contributed by atoms with E-state index in [4.69, 9.17) is 5.14 Å². The fourth-order valence-electron chi connectivity index (χ4n) is 1.57. The highest BCUT2D eigenvalue weighted by molar-refractivity contribution is 9.10. The molecule has 4 N–H and O–H groups in total. The number of carbonyl (C=O) groups is 2. The minimum absolute atomic E-state index is 0.0788. The van der Waals surface area contributed by atoms with Crippen LogP contribution in [0.25, 0.3) is 0 Å². The second-order valence-electron chi connectivity index (χ2n) is 5.67. The Morgan fingerprint density at radius 3 is 2.36 bits per heavy atom. The number of benzene rings is 1. The first-order valence-electron chi connectivity index (χ1n) is 6.32. The predicted octanol–water partition coefficient (Wildman–Crippen LogP) is 0.741. The molecule has 0 bridgehead atoms. The molecule has 2 amide bonds. The summed E-state index contributed by atoms with van der Waals surface area (Å²) in [7, 11) is -3.91. The molecule has 0 aromatic heterocycles. The van der Waals surface area contributed by atoms with Crippen LogP contribution >= 0.6 is 15.9 Å². The summed E-state index contributed by atoms with van der Waals surface area (Å²) in [6, 6.07) is 3.84. The van der Waals surface area contributed by atoms with E-state index in [2.05, 4.69) is 26.6 Å². The molecule has 1 aromatic rings. The Morgan fingerprint density at radius 1 is 1.27 bits per heavy atom. The monoisotopic (exact) mass is 391 g/mol. The number of primary sulfonamides is 1. The average molecular weight is 392 g/mol. The summed E-state index contributed by atoms with van der Waals surface area (Å²) in [6.07, 6.45) is 0. The summed E-state index contributed by atoms with van der Waals surface area (Å²) in [4.78, 5) is 23.5. The van der Waals surface area contributed by atoms with Gasteiger partial charge in [-0.25, -0.2) is 13.6 Å². The van der Waals surface area contributed by atoms with Crippen molar-refractivity contribution in [2.45, 2.75) is 31.2 Å². The molecule has 0 radical (unpaired) electrons. The highest BCUT2D eigenvalue weighted by Crippen LogP contribution is 2.20. The van der Waals surface area contributed by atoms with Gasteiger partial charge >= 0.3 is 0 Å². The largest absolute Gasteiger partial charge is 0.350 e. The lowest BCUT2D eigenvalue weighted by Crippen LogP contribution is -2.45. The third-order valence-electron chi connectivity index (χ3n) is 2.43. The Bertz CT molecular complexity index is 696. The summed E-state index contributed by atoms with van der Waals surface area (Å²) in [5, 5.41) is 10.1. The molecule has 7 nitrogen and oxygen atoms in total. The number of nitrogens with one attached hydrogen (secondary N) is 2. The molecular weight excluding hydrogens is 374 g/mol. The highest BCUT2D eigenvalue weighted by atomic mass is 79.9. The van der Waals surface area contributed by atoms with Gasteiger partial charge in [-0.1, -0.05) is 0 Å². The molecule has 122 valence electrons. The Balaban J connectivity index is 2.84. The first-order valence-corrected chi connectivity index (χ1v) is 8.65. The van der Waals surface area contributed by atoms with E-state index in [9.17, 15) is 18.0 Å². The Kier molecular flexibility index (Phi) is 5.71. The molecule has 0 spiro atoms. The number of hydrogen-bond donors (Lipinski definition) is 3. The molecule has 0 unspecified atom stereocenters. The van der Waals surface area contributed by atoms with Crippen LogP contribution in [-0.4, -0.2) is 32.3 Å². The van der Waals surface area contributed by atoms with Crippen molar-refractivity contribution in [3.05, 3.63) is 28.2 Å². The van der Waals surface area contributed by atoms with Gasteiger partial charge in [0.1, 0.15) is 0 Å². The quantitative estimate of drug-likeness (QED) is 0.700. The molecule has 22 heavy (non-hydrogen) atoms. The molecule has 0 aliphatic carbocycles. The van der Waals surface area contributed by atoms with Crippen molar-refractivity contribution in [1.82, 2.24) is 10.6 Å². The summed E-state index contributed by atoms with van der Waals surface area (Å²) in [5.41, 5.74) is -0.328. The van der Waals surface area contributed by atoms with Gasteiger partial charge in [0.15, 0.2) is 0 Å². The summed E-state index contributed by atoms with van der Waals surface area (Å²) in [6.45, 7) is 5.23. The Labute approximate surface area is 137 Å². The number of nitrogens with two attached hydrogens (primary N) is 1. The molecule has 9 heteroatoms. The van der Waals surface area contributed by atoms with Gasteiger partial charge in [0.2, 0.25) is 15.9 Å². The van der Waals surface area contributed by atoms with E-state index in [0.717, 1.165) is 6.07 Å². The van der Waals surface area contributed by atoms with E-state index in [-0.39, 0.29) is 22.9 Å². The van der Waals surface area contributed by atoms with Gasteiger partial charge < -0.3 is 10.6 Å². The second kappa shape index (κ2) is 6.76. The van der Waals surface area contributed by atoms with Crippen LogP contribution in [0.15, 0.2) is 27.6 Å². The summed E-state index contributed by atoms with van der Waals surface area (Å²) < 4.78 is 23.0. The second-order valence-corrected chi connectivity index (χ2v) is 8.08. The van der Waals surface area contributed by atoms with Crippen LogP contribution in [0.3, 0.4) is 0 Å². The lowest BCUT2D eigenvalue weighted by molar-refractivity contribution is -0.121. The van der Waals surface area contributed by atoms with Gasteiger partial charge in [-0.3, -0.25) is 9.59 Å². The zero-order chi connectivity index (χ0) is 17.1. The van der Waals surface area contributed by atoms with Crippen LogP contribution in [0.2, 0.25) is 0 Å². The SMILES string of the molecule is CC(C)(C)NC(=O)CNC(=O)c1cc(S(N)(=O)=O)ccc1Br. The smallest absolute Gasteiger partial charge is 0.252 e. The van der Waals surface area contributed by atoms with Crippen LogP contribution in [0, 0.1) is 0 Å². The molecule has 0 heterocycles. The minimum Gasteiger partial charge on any atom is -0.350 e. The van der Waals surface area contributed by atoms with Crippen molar-refractivity contribution in [3.63, 3.8) is 0 Å². The number of halogens is 1. The Morgan fingerprint density at radius 2 is 1.86 bits per heavy atom. The first-order chi connectivity index (χ1) is 9.90. The van der Waals surface area contributed by atoms with Gasteiger partial charge in [0, 0.05) is 10.0 Å². The molecule has 0 saturated heterocycles. The third-order valence-corrected chi connectivity index (χ3v) is 4.04. The lowest BCUT2D eigenvalue weighted by Gasteiger charge is -2.20. The van der Waals surface area contributed by atoms with Crippen LogP contribution in [0.5, 0.6) is 0 Å². The Hall–Kier alpha value is -1.45. The number of carbonyl (C=O) groups excluding carboxylic acids is 2. The van der Waals surface area contributed by atoms with Gasteiger partial charge in [-0.2, -0.15) is 0 Å². The molecule has 0 atom stereocenters. The highest BCUT2D eigenvalue weighted by Gasteiger charge is 2.18. The van der Waals surface area contributed by atoms with Crippen molar-refractivity contribution < 1.29 is 18.0 Å². The maximum Gasteiger partial charge on any atom is 0.252 e. The third kappa shape index (κ3) is 5.74. The van der Waals surface area contributed by atoms with Crippen molar-refractivity contribution in [2.24, 2.45) is 5.14 Å². The minimum atomic E-state index is -3.91. The van der Waals surface area contributed by atoms with Crippen molar-refractivity contribution >= 4 is 37.8 Å². The van der Waals surface area contributed by atoms with Crippen molar-refractivity contribution in [2.75, 3.05) is 6.54 Å². The number of hydrogen-bond acceptors (Lipinski definition) is 4. The van der Waals surface area contributed by atoms with Gasteiger partial charge in [0.25, 0.3) is 5.91 Å². The summed E-state index contributed by atoms with van der Waals surface area (Å²) >= 11 is 3.16. The van der Waals surface area contributed by atoms with E-state index in [0.29, 0.717) is 4.47 Å². The van der Waals surface area contributed by atoms with E-state index in [1.54, 1.807) is 0 Å². The normalized spacial score (nSPS) is 11.9. The zero-order valence-electron chi connectivity index (χ0n) is 12.4. The predicted molar refractivity (Wildman–Crippen MR) is 85.7 cm³/mol. The topological polar surface area (TPSA) is 118 Å². The van der Waals surface area contributed by atoms with Crippen LogP contribution in [0.1, 0.15) is 31.1 Å². The maximum absolute atomic E-state index is 12.1. The van der Waals surface area contributed by atoms with Crippen LogP contribution in [0.4, 0.5) is 0 Å². The van der Waals surface area contributed by atoms with Crippen LogP contribution < -0.4 is 15.8 Å². The number of sulfonamides is 1. The fraction of sp³-hybridized carbons (Fsp3) is 0.385. The molecular formula is C13H18BrN3O4S. The van der Waals surface area contributed by atoms with E-state index in [1.165, 1.54) is 12.1 Å². The van der Waals surface area contributed by atoms with Gasteiger partial charge in [-0.15, -0.1) is 0 Å². The average Bonchev–Trinajstić information content (AvgIpc) is 2.33. The molecule has 1 rings (SSSR count). The standard InChI is InChI=1S/C13H18BrN3O4S/c1-13(2,3)17-11(18)7-16-12(19)9-6-8(22(15,20)21)4-5-10(9)14/h4-6H,7H2,1-3H3,(H,16,19)(H,17,18)(H2,15,20,21). The van der Waals surface area contributed by atoms with E-state index < -0.39 is 21.5 Å². The van der Waals surface area contributed by atoms with Gasteiger partial charge in [-0.05, 0) is 54.9 Å². The molecule has 0 saturated carbocycles. The number of rotatable bonds is 4. The zero-order valence-corrected chi connectivity index (χ0v) is 14.8. The van der Waals surface area contributed by atoms with Gasteiger partial charge in [0.05, 0.1) is 17.0 Å².